The molecule has 0 atom stereocenters. The Kier molecular flexibility index (Phi) is 7.04. The Morgan fingerprint density at radius 3 is 2.41 bits per heavy atom. The van der Waals surface area contributed by atoms with Crippen LogP contribution in [-0.2, 0) is 11.3 Å². The zero-order valence-electron chi connectivity index (χ0n) is 15.6. The summed E-state index contributed by atoms with van der Waals surface area (Å²) in [6.45, 7) is -1.87. The number of amides is 2. The molecule has 1 N–H and O–H groups in total. The Balaban J connectivity index is 1.50. The fraction of sp³-hybridized carbons (Fsp3) is 0.333. The van der Waals surface area contributed by atoms with Crippen LogP contribution < -0.4 is 10.1 Å². The van der Waals surface area contributed by atoms with E-state index in [0.717, 1.165) is 0 Å². The molecule has 1 saturated heterocycles. The van der Waals surface area contributed by atoms with E-state index in [4.69, 9.17) is 11.6 Å². The van der Waals surface area contributed by atoms with Crippen molar-refractivity contribution >= 4 is 23.4 Å². The average Bonchev–Trinajstić information content (AvgIpc) is 2.72. The van der Waals surface area contributed by atoms with Crippen molar-refractivity contribution in [2.75, 3.05) is 13.1 Å². The van der Waals surface area contributed by atoms with Gasteiger partial charge in [0.1, 0.15) is 5.75 Å². The fourth-order valence-electron chi connectivity index (χ4n) is 3.31. The number of para-hydroxylation sites is 1. The monoisotopic (exact) mass is 422 g/mol. The van der Waals surface area contributed by atoms with E-state index < -0.39 is 6.61 Å². The second-order valence-electron chi connectivity index (χ2n) is 6.78. The van der Waals surface area contributed by atoms with Crippen LogP contribution in [0.5, 0.6) is 5.75 Å². The minimum Gasteiger partial charge on any atom is -0.434 e. The molecule has 0 spiro atoms. The van der Waals surface area contributed by atoms with Gasteiger partial charge in [0.25, 0.3) is 5.91 Å². The number of hydrogen-bond donors (Lipinski definition) is 1. The fourth-order valence-corrected chi connectivity index (χ4v) is 3.43. The first-order chi connectivity index (χ1) is 13.9. The Labute approximate surface area is 172 Å². The highest BCUT2D eigenvalue weighted by Gasteiger charge is 2.27. The van der Waals surface area contributed by atoms with Gasteiger partial charge in [-0.25, -0.2) is 0 Å². The van der Waals surface area contributed by atoms with Crippen molar-refractivity contribution in [1.29, 1.82) is 0 Å². The molecule has 1 aliphatic rings. The largest absolute Gasteiger partial charge is 0.434 e. The SMILES string of the molecule is O=C(NCc1ccccc1OC(F)F)C1CCN(C(=O)c2ccc(Cl)cc2)CC1. The van der Waals surface area contributed by atoms with E-state index in [1.165, 1.54) is 6.07 Å². The van der Waals surface area contributed by atoms with Gasteiger partial charge in [-0.2, -0.15) is 8.78 Å². The van der Waals surface area contributed by atoms with E-state index in [2.05, 4.69) is 10.1 Å². The zero-order valence-corrected chi connectivity index (χ0v) is 16.4. The molecule has 0 unspecified atom stereocenters. The standard InChI is InChI=1S/C21H21ClF2N2O3/c22-17-7-5-15(6-8-17)20(28)26-11-9-14(10-12-26)19(27)25-13-16-3-1-2-4-18(16)29-21(23)24/h1-8,14,21H,9-13H2,(H,25,27). The van der Waals surface area contributed by atoms with Crippen LogP contribution in [0.25, 0.3) is 0 Å². The summed E-state index contributed by atoms with van der Waals surface area (Å²) >= 11 is 5.85. The summed E-state index contributed by atoms with van der Waals surface area (Å²) in [5.41, 5.74) is 1.05. The van der Waals surface area contributed by atoms with Crippen molar-refractivity contribution in [2.24, 2.45) is 5.92 Å². The molecule has 2 aromatic carbocycles. The van der Waals surface area contributed by atoms with Crippen molar-refractivity contribution in [1.82, 2.24) is 10.2 Å². The van der Waals surface area contributed by atoms with Crippen LogP contribution in [0.3, 0.4) is 0 Å². The van der Waals surface area contributed by atoms with Crippen LogP contribution in [0.15, 0.2) is 48.5 Å². The van der Waals surface area contributed by atoms with E-state index in [-0.39, 0.29) is 30.0 Å². The molecular weight excluding hydrogens is 402 g/mol. The first kappa shape index (κ1) is 21.0. The summed E-state index contributed by atoms with van der Waals surface area (Å²) in [5.74, 6) is -0.423. The molecule has 0 radical (unpaired) electrons. The summed E-state index contributed by atoms with van der Waals surface area (Å²) in [4.78, 5) is 26.7. The van der Waals surface area contributed by atoms with Crippen LogP contribution in [-0.4, -0.2) is 36.4 Å². The Bertz CT molecular complexity index is 853. The van der Waals surface area contributed by atoms with Crippen LogP contribution >= 0.6 is 11.6 Å². The molecule has 1 heterocycles. The number of piperidine rings is 1. The number of nitrogens with zero attached hydrogens (tertiary/aromatic N) is 1. The van der Waals surface area contributed by atoms with E-state index in [1.807, 2.05) is 0 Å². The molecule has 5 nitrogen and oxygen atoms in total. The highest BCUT2D eigenvalue weighted by molar-refractivity contribution is 6.30. The lowest BCUT2D eigenvalue weighted by Crippen LogP contribution is -2.42. The average molecular weight is 423 g/mol. The van der Waals surface area contributed by atoms with Gasteiger partial charge in [-0.3, -0.25) is 9.59 Å². The zero-order chi connectivity index (χ0) is 20.8. The lowest BCUT2D eigenvalue weighted by Gasteiger charge is -2.31. The molecule has 0 bridgehead atoms. The van der Waals surface area contributed by atoms with Gasteiger partial charge < -0.3 is 15.0 Å². The minimum atomic E-state index is -2.92. The molecule has 3 rings (SSSR count). The molecular formula is C21H21ClF2N2O3. The Morgan fingerprint density at radius 2 is 1.76 bits per heavy atom. The van der Waals surface area contributed by atoms with E-state index in [1.54, 1.807) is 47.4 Å². The first-order valence-electron chi connectivity index (χ1n) is 9.29. The van der Waals surface area contributed by atoms with Gasteiger partial charge in [0.2, 0.25) is 5.91 Å². The lowest BCUT2D eigenvalue weighted by molar-refractivity contribution is -0.126. The number of alkyl halides is 2. The smallest absolute Gasteiger partial charge is 0.387 e. The molecule has 0 aromatic heterocycles. The van der Waals surface area contributed by atoms with E-state index >= 15 is 0 Å². The molecule has 1 fully saturated rings. The number of benzene rings is 2. The predicted octanol–water partition coefficient (Wildman–Crippen LogP) is 4.11. The third kappa shape index (κ3) is 5.67. The number of halogens is 3. The molecule has 154 valence electrons. The number of carbonyl (C=O) groups excluding carboxylic acids is 2. The van der Waals surface area contributed by atoms with Gasteiger partial charge in [0.15, 0.2) is 0 Å². The molecule has 1 aliphatic heterocycles. The Morgan fingerprint density at radius 1 is 1.10 bits per heavy atom. The summed E-state index contributed by atoms with van der Waals surface area (Å²) in [6, 6.07) is 13.1. The number of ether oxygens (including phenoxy) is 1. The predicted molar refractivity (Wildman–Crippen MR) is 105 cm³/mol. The third-order valence-electron chi connectivity index (χ3n) is 4.89. The van der Waals surface area contributed by atoms with Crippen LogP contribution in [0.4, 0.5) is 8.78 Å². The van der Waals surface area contributed by atoms with Crippen molar-refractivity contribution in [3.8, 4) is 5.75 Å². The quantitative estimate of drug-likeness (QED) is 0.762. The van der Waals surface area contributed by atoms with Crippen LogP contribution in [0.1, 0.15) is 28.8 Å². The van der Waals surface area contributed by atoms with E-state index in [0.29, 0.717) is 42.1 Å². The topological polar surface area (TPSA) is 58.6 Å². The first-order valence-corrected chi connectivity index (χ1v) is 9.67. The second-order valence-corrected chi connectivity index (χ2v) is 7.21. The maximum Gasteiger partial charge on any atom is 0.387 e. The van der Waals surface area contributed by atoms with Gasteiger partial charge >= 0.3 is 6.61 Å². The Hall–Kier alpha value is -2.67. The molecule has 0 saturated carbocycles. The van der Waals surface area contributed by atoms with Crippen molar-refractivity contribution in [3.05, 3.63) is 64.7 Å². The van der Waals surface area contributed by atoms with Crippen LogP contribution in [0.2, 0.25) is 5.02 Å². The van der Waals surface area contributed by atoms with Crippen molar-refractivity contribution in [2.45, 2.75) is 26.0 Å². The second kappa shape index (κ2) is 9.69. The molecule has 2 amide bonds. The number of carbonyl (C=O) groups is 2. The van der Waals surface area contributed by atoms with Crippen molar-refractivity contribution in [3.63, 3.8) is 0 Å². The van der Waals surface area contributed by atoms with Gasteiger partial charge in [-0.05, 0) is 43.2 Å². The van der Waals surface area contributed by atoms with Gasteiger partial charge in [-0.15, -0.1) is 0 Å². The summed E-state index contributed by atoms with van der Waals surface area (Å²) in [7, 11) is 0. The number of hydrogen-bond acceptors (Lipinski definition) is 3. The van der Waals surface area contributed by atoms with Gasteiger partial charge in [0.05, 0.1) is 0 Å². The van der Waals surface area contributed by atoms with Gasteiger partial charge in [-0.1, -0.05) is 29.8 Å². The van der Waals surface area contributed by atoms with Gasteiger partial charge in [0, 0.05) is 41.7 Å². The normalized spacial score (nSPS) is 14.7. The summed E-state index contributed by atoms with van der Waals surface area (Å²) in [5, 5.41) is 3.35. The number of nitrogens with one attached hydrogen (secondary N) is 1. The number of likely N-dealkylation sites (tertiary alicyclic amines) is 1. The highest BCUT2D eigenvalue weighted by Crippen LogP contribution is 2.22. The maximum absolute atomic E-state index is 12.5. The van der Waals surface area contributed by atoms with Crippen molar-refractivity contribution < 1.29 is 23.1 Å². The third-order valence-corrected chi connectivity index (χ3v) is 5.14. The highest BCUT2D eigenvalue weighted by atomic mass is 35.5. The lowest BCUT2D eigenvalue weighted by atomic mass is 9.95. The number of rotatable bonds is 6. The summed E-state index contributed by atoms with van der Waals surface area (Å²) in [6.07, 6.45) is 1.08. The molecule has 0 aliphatic carbocycles. The molecule has 2 aromatic rings. The minimum absolute atomic E-state index is 0.0474. The maximum atomic E-state index is 12.5. The summed E-state index contributed by atoms with van der Waals surface area (Å²) < 4.78 is 29.4. The van der Waals surface area contributed by atoms with E-state index in [9.17, 15) is 18.4 Å². The van der Waals surface area contributed by atoms with Crippen LogP contribution in [0, 0.1) is 5.92 Å². The molecule has 8 heteroatoms. The molecule has 29 heavy (non-hydrogen) atoms.